The van der Waals surface area contributed by atoms with Gasteiger partial charge in [-0.2, -0.15) is 0 Å². The highest BCUT2D eigenvalue weighted by Crippen LogP contribution is 2.29. The molecule has 1 aromatic carbocycles. The zero-order valence-electron chi connectivity index (χ0n) is 18.7. The summed E-state index contributed by atoms with van der Waals surface area (Å²) in [6.07, 6.45) is -14.8. The van der Waals surface area contributed by atoms with Gasteiger partial charge in [-0.3, -0.25) is 0 Å². The third kappa shape index (κ3) is 5.78. The fourth-order valence-corrected chi connectivity index (χ4v) is 3.73. The van der Waals surface area contributed by atoms with Gasteiger partial charge in [0.05, 0.1) is 34.0 Å². The van der Waals surface area contributed by atoms with Gasteiger partial charge in [-0.05, 0) is 12.1 Å². The maximum absolute atomic E-state index is 10.3. The number of aliphatic hydroxyl groups excluding tert-OH is 7. The van der Waals surface area contributed by atoms with Crippen LogP contribution in [0.5, 0.6) is 11.5 Å². The quantitative estimate of drug-likeness (QED) is 0.183. The van der Waals surface area contributed by atoms with E-state index >= 15 is 0 Å². The van der Waals surface area contributed by atoms with Crippen LogP contribution in [0.1, 0.15) is 5.56 Å². The normalized spacial score (nSPS) is 38.5. The molecule has 2 saturated heterocycles. The van der Waals surface area contributed by atoms with Crippen LogP contribution in [0.15, 0.2) is 18.2 Å². The summed E-state index contributed by atoms with van der Waals surface area (Å²) >= 11 is 0. The van der Waals surface area contributed by atoms with Crippen molar-refractivity contribution in [2.75, 3.05) is 27.4 Å². The Labute approximate surface area is 195 Å². The lowest BCUT2D eigenvalue weighted by molar-refractivity contribution is -0.332. The molecule has 3 rings (SSSR count). The van der Waals surface area contributed by atoms with Crippen molar-refractivity contribution < 1.29 is 64.2 Å². The average Bonchev–Trinajstić information content (AvgIpc) is 2.85. The summed E-state index contributed by atoms with van der Waals surface area (Å²) in [7, 11) is 2.98. The lowest BCUT2D eigenvalue weighted by Crippen LogP contribution is -2.61. The number of methoxy groups -OCH3 is 2. The molecule has 0 radical (unpaired) electrons. The summed E-state index contributed by atoms with van der Waals surface area (Å²) < 4.78 is 32.3. The number of ether oxygens (including phenoxy) is 6. The van der Waals surface area contributed by atoms with Gasteiger partial charge in [-0.15, -0.1) is 0 Å². The molecule has 2 aliphatic rings. The second-order valence-electron chi connectivity index (χ2n) is 8.03. The summed E-state index contributed by atoms with van der Waals surface area (Å²) in [5, 5.41) is 69.9. The van der Waals surface area contributed by atoms with Crippen LogP contribution in [-0.4, -0.2) is 125 Å². The molecule has 0 unspecified atom stereocenters. The van der Waals surface area contributed by atoms with Crippen LogP contribution in [-0.2, 0) is 25.6 Å². The molecule has 34 heavy (non-hydrogen) atoms. The molecule has 2 aliphatic heterocycles. The van der Waals surface area contributed by atoms with Gasteiger partial charge in [-0.25, -0.2) is 0 Å². The van der Waals surface area contributed by atoms with Crippen LogP contribution >= 0.6 is 0 Å². The first-order valence-electron chi connectivity index (χ1n) is 10.7. The molecule has 2 heterocycles. The number of benzene rings is 1. The van der Waals surface area contributed by atoms with Gasteiger partial charge in [0.25, 0.3) is 0 Å². The molecular weight excluding hydrogens is 460 g/mol. The van der Waals surface area contributed by atoms with E-state index in [4.69, 9.17) is 28.4 Å². The summed E-state index contributed by atoms with van der Waals surface area (Å²) in [5.74, 6) is 1.03. The Morgan fingerprint density at radius 2 is 1.32 bits per heavy atom. The Balaban J connectivity index is 1.62. The van der Waals surface area contributed by atoms with Crippen molar-refractivity contribution in [2.45, 2.75) is 68.0 Å². The average molecular weight is 492 g/mol. The SMILES string of the molecule is COc1ccc(CO[C@@H]2O[C@H](CO[C@@H]3O[C@H](CO)[C@@H](O)[C@H](O)[C@H]3O)[C@@H](O)[C@H](O)[C@H]2O)c(OC)c1. The summed E-state index contributed by atoms with van der Waals surface area (Å²) in [5.41, 5.74) is 0.605. The minimum absolute atomic E-state index is 0.0714. The first-order valence-corrected chi connectivity index (χ1v) is 10.7. The Kier molecular flexibility index (Phi) is 9.42. The lowest BCUT2D eigenvalue weighted by atomic mass is 9.98. The molecule has 0 bridgehead atoms. The van der Waals surface area contributed by atoms with Crippen LogP contribution in [0.3, 0.4) is 0 Å². The maximum Gasteiger partial charge on any atom is 0.187 e. The van der Waals surface area contributed by atoms with Gasteiger partial charge in [0, 0.05) is 11.6 Å². The van der Waals surface area contributed by atoms with Crippen LogP contribution in [0.2, 0.25) is 0 Å². The summed E-state index contributed by atoms with van der Waals surface area (Å²) in [4.78, 5) is 0. The monoisotopic (exact) mass is 492 g/mol. The number of rotatable bonds is 9. The smallest absolute Gasteiger partial charge is 0.187 e. The Hall–Kier alpha value is -1.62. The third-order valence-corrected chi connectivity index (χ3v) is 5.84. The van der Waals surface area contributed by atoms with Gasteiger partial charge >= 0.3 is 0 Å². The van der Waals surface area contributed by atoms with E-state index in [0.717, 1.165) is 0 Å². The Morgan fingerprint density at radius 1 is 0.735 bits per heavy atom. The van der Waals surface area contributed by atoms with Crippen LogP contribution < -0.4 is 9.47 Å². The summed E-state index contributed by atoms with van der Waals surface area (Å²) in [6.45, 7) is -1.15. The number of hydrogen-bond donors (Lipinski definition) is 7. The standard InChI is InChI=1S/C21H32O13/c1-29-10-4-3-9(11(5-10)30-2)7-31-20-19(28)17(26)15(24)13(34-20)8-32-21-18(27)16(25)14(23)12(6-22)33-21/h3-5,12-28H,6-8H2,1-2H3/t12-,13-,14-,15-,16+,17+,18-,19-,20-,21-/m1/s1. The first-order chi connectivity index (χ1) is 16.2. The van der Waals surface area contributed by atoms with E-state index in [1.165, 1.54) is 14.2 Å². The van der Waals surface area contributed by atoms with Gasteiger partial charge < -0.3 is 64.2 Å². The second-order valence-corrected chi connectivity index (χ2v) is 8.03. The van der Waals surface area contributed by atoms with E-state index in [1.54, 1.807) is 18.2 Å². The molecule has 0 aliphatic carbocycles. The predicted octanol–water partition coefficient (Wildman–Crippen LogP) is -3.16. The molecule has 10 atom stereocenters. The third-order valence-electron chi connectivity index (χ3n) is 5.84. The molecule has 2 fully saturated rings. The van der Waals surface area contributed by atoms with E-state index in [0.29, 0.717) is 17.1 Å². The van der Waals surface area contributed by atoms with Crippen molar-refractivity contribution in [2.24, 2.45) is 0 Å². The zero-order chi connectivity index (χ0) is 25.0. The zero-order valence-corrected chi connectivity index (χ0v) is 18.7. The van der Waals surface area contributed by atoms with Crippen LogP contribution in [0.25, 0.3) is 0 Å². The molecule has 13 nitrogen and oxygen atoms in total. The van der Waals surface area contributed by atoms with E-state index in [-0.39, 0.29) is 6.61 Å². The molecule has 13 heteroatoms. The minimum atomic E-state index is -1.65. The van der Waals surface area contributed by atoms with Gasteiger partial charge in [0.1, 0.15) is 60.3 Å². The van der Waals surface area contributed by atoms with Crippen LogP contribution in [0, 0.1) is 0 Å². The maximum atomic E-state index is 10.3. The van der Waals surface area contributed by atoms with Crippen molar-refractivity contribution >= 4 is 0 Å². The van der Waals surface area contributed by atoms with Crippen LogP contribution in [0.4, 0.5) is 0 Å². The van der Waals surface area contributed by atoms with Gasteiger partial charge in [0.2, 0.25) is 0 Å². The largest absolute Gasteiger partial charge is 0.497 e. The fourth-order valence-electron chi connectivity index (χ4n) is 3.73. The molecular formula is C21H32O13. The molecule has 1 aromatic rings. The molecule has 7 N–H and O–H groups in total. The van der Waals surface area contributed by atoms with Crippen molar-refractivity contribution in [3.8, 4) is 11.5 Å². The fraction of sp³-hybridized carbons (Fsp3) is 0.714. The molecule has 0 aromatic heterocycles. The lowest BCUT2D eigenvalue weighted by Gasteiger charge is -2.42. The van der Waals surface area contributed by atoms with E-state index in [2.05, 4.69) is 0 Å². The number of hydrogen-bond acceptors (Lipinski definition) is 13. The number of aliphatic hydroxyl groups is 7. The first kappa shape index (κ1) is 27.0. The van der Waals surface area contributed by atoms with Crippen molar-refractivity contribution in [1.29, 1.82) is 0 Å². The molecule has 194 valence electrons. The highest BCUT2D eigenvalue weighted by Gasteiger charge is 2.47. The minimum Gasteiger partial charge on any atom is -0.497 e. The predicted molar refractivity (Wildman–Crippen MR) is 111 cm³/mol. The van der Waals surface area contributed by atoms with Gasteiger partial charge in [-0.1, -0.05) is 0 Å². The molecule has 0 saturated carbocycles. The Morgan fingerprint density at radius 3 is 1.91 bits per heavy atom. The Bertz CT molecular complexity index is 777. The summed E-state index contributed by atoms with van der Waals surface area (Å²) in [6, 6.07) is 5.03. The van der Waals surface area contributed by atoms with E-state index in [1.807, 2.05) is 0 Å². The second kappa shape index (κ2) is 11.9. The van der Waals surface area contributed by atoms with Gasteiger partial charge in [0.15, 0.2) is 12.6 Å². The molecule has 0 amide bonds. The van der Waals surface area contributed by atoms with E-state index < -0.39 is 74.6 Å². The highest BCUT2D eigenvalue weighted by molar-refractivity contribution is 5.40. The molecule has 0 spiro atoms. The van der Waals surface area contributed by atoms with E-state index in [9.17, 15) is 35.7 Å². The topological polar surface area (TPSA) is 197 Å². The van der Waals surface area contributed by atoms with Crippen molar-refractivity contribution in [1.82, 2.24) is 0 Å². The van der Waals surface area contributed by atoms with Crippen molar-refractivity contribution in [3.63, 3.8) is 0 Å². The van der Waals surface area contributed by atoms with Crippen molar-refractivity contribution in [3.05, 3.63) is 23.8 Å². The highest BCUT2D eigenvalue weighted by atomic mass is 16.7.